The topological polar surface area (TPSA) is 97.2 Å². The van der Waals surface area contributed by atoms with Gasteiger partial charge in [0.1, 0.15) is 5.82 Å². The van der Waals surface area contributed by atoms with Crippen LogP contribution in [0.1, 0.15) is 18.4 Å². The van der Waals surface area contributed by atoms with Crippen molar-refractivity contribution in [3.8, 4) is 28.2 Å². The van der Waals surface area contributed by atoms with E-state index >= 15 is 0 Å². The Hall–Kier alpha value is -4.45. The molecule has 0 spiro atoms. The lowest BCUT2D eigenvalue weighted by molar-refractivity contribution is -0.111. The van der Waals surface area contributed by atoms with E-state index in [1.165, 1.54) is 33.9 Å². The van der Waals surface area contributed by atoms with E-state index in [9.17, 15) is 17.6 Å². The Balaban J connectivity index is 1.17. The number of para-hydroxylation sites is 1. The molecule has 6 rings (SSSR count). The summed E-state index contributed by atoms with van der Waals surface area (Å²) in [5.41, 5.74) is 4.24. The van der Waals surface area contributed by atoms with Gasteiger partial charge in [-0.05, 0) is 67.4 Å². The summed E-state index contributed by atoms with van der Waals surface area (Å²) in [7, 11) is -3.49. The number of carbonyl (C=O) groups excluding carboxylic acids is 1. The number of rotatable bonds is 8. The van der Waals surface area contributed by atoms with Crippen molar-refractivity contribution >= 4 is 38.5 Å². The molecular formula is C31H26FN5O3S2. The molecule has 3 heterocycles. The molecule has 212 valence electrons. The van der Waals surface area contributed by atoms with E-state index in [1.54, 1.807) is 52.5 Å². The second-order valence-corrected chi connectivity index (χ2v) is 12.5. The maximum absolute atomic E-state index is 13.5. The number of hydrogen-bond donors (Lipinski definition) is 1. The highest BCUT2D eigenvalue weighted by Crippen LogP contribution is 2.28. The summed E-state index contributed by atoms with van der Waals surface area (Å²) in [6, 6.07) is 22.3. The van der Waals surface area contributed by atoms with Crippen LogP contribution in [0.25, 0.3) is 34.3 Å². The van der Waals surface area contributed by atoms with Gasteiger partial charge in [0.25, 0.3) is 0 Å². The molecule has 3 aromatic carbocycles. The monoisotopic (exact) mass is 599 g/mol. The lowest BCUT2D eigenvalue weighted by Gasteiger charge is -2.15. The second kappa shape index (κ2) is 11.8. The van der Waals surface area contributed by atoms with Crippen molar-refractivity contribution < 1.29 is 17.6 Å². The summed E-state index contributed by atoms with van der Waals surface area (Å²) in [5, 5.41) is 9.68. The van der Waals surface area contributed by atoms with Gasteiger partial charge in [-0.3, -0.25) is 10.1 Å². The summed E-state index contributed by atoms with van der Waals surface area (Å²) in [5.74, 6) is -0.718. The second-order valence-electron chi connectivity index (χ2n) is 9.72. The molecule has 0 saturated carbocycles. The van der Waals surface area contributed by atoms with E-state index in [4.69, 9.17) is 0 Å². The molecule has 8 nitrogen and oxygen atoms in total. The Kier molecular flexibility index (Phi) is 7.79. The van der Waals surface area contributed by atoms with Crippen molar-refractivity contribution in [2.75, 3.05) is 18.4 Å². The number of sulfonamides is 1. The van der Waals surface area contributed by atoms with Gasteiger partial charge in [0.2, 0.25) is 15.9 Å². The first-order valence-corrected chi connectivity index (χ1v) is 15.6. The molecule has 11 heteroatoms. The smallest absolute Gasteiger partial charge is 0.250 e. The molecule has 0 unspecified atom stereocenters. The number of benzene rings is 3. The van der Waals surface area contributed by atoms with E-state index in [0.717, 1.165) is 29.7 Å². The van der Waals surface area contributed by atoms with Crippen molar-refractivity contribution in [2.24, 2.45) is 0 Å². The number of hydrogen-bond acceptors (Lipinski definition) is 6. The van der Waals surface area contributed by atoms with Gasteiger partial charge in [-0.15, -0.1) is 11.3 Å². The maximum atomic E-state index is 13.5. The van der Waals surface area contributed by atoms with Crippen molar-refractivity contribution in [1.82, 2.24) is 19.1 Å². The van der Waals surface area contributed by atoms with Gasteiger partial charge in [-0.1, -0.05) is 30.3 Å². The molecule has 1 saturated heterocycles. The third kappa shape index (κ3) is 5.94. The van der Waals surface area contributed by atoms with Crippen LogP contribution in [0.4, 0.5) is 9.52 Å². The Bertz CT molecular complexity index is 1840. The van der Waals surface area contributed by atoms with Crippen LogP contribution in [0.3, 0.4) is 0 Å². The minimum absolute atomic E-state index is 0.262. The fourth-order valence-electron chi connectivity index (χ4n) is 4.71. The van der Waals surface area contributed by atoms with Crippen molar-refractivity contribution in [1.29, 1.82) is 0 Å². The van der Waals surface area contributed by atoms with Crippen LogP contribution in [0.15, 0.2) is 101 Å². The van der Waals surface area contributed by atoms with Crippen LogP contribution in [0, 0.1) is 5.82 Å². The van der Waals surface area contributed by atoms with E-state index in [2.05, 4.69) is 15.4 Å². The fourth-order valence-corrected chi connectivity index (χ4v) is 6.95. The predicted octanol–water partition coefficient (Wildman–Crippen LogP) is 6.24. The Morgan fingerprint density at radius 3 is 2.33 bits per heavy atom. The Morgan fingerprint density at radius 1 is 0.929 bits per heavy atom. The minimum atomic E-state index is -3.49. The van der Waals surface area contributed by atoms with Gasteiger partial charge in [-0.25, -0.2) is 22.5 Å². The molecule has 1 amide bonds. The maximum Gasteiger partial charge on any atom is 0.250 e. The van der Waals surface area contributed by atoms with E-state index in [1.807, 2.05) is 36.5 Å². The zero-order valence-electron chi connectivity index (χ0n) is 22.4. The number of thiazole rings is 1. The molecule has 1 aliphatic rings. The fraction of sp³-hybridized carbons (Fsp3) is 0.129. The molecule has 42 heavy (non-hydrogen) atoms. The third-order valence-corrected chi connectivity index (χ3v) is 9.55. The van der Waals surface area contributed by atoms with Gasteiger partial charge >= 0.3 is 0 Å². The first-order chi connectivity index (χ1) is 20.4. The van der Waals surface area contributed by atoms with E-state index in [-0.39, 0.29) is 16.6 Å². The summed E-state index contributed by atoms with van der Waals surface area (Å²) in [4.78, 5) is 17.6. The van der Waals surface area contributed by atoms with Gasteiger partial charge in [0.15, 0.2) is 5.13 Å². The van der Waals surface area contributed by atoms with Crippen LogP contribution in [-0.4, -0.2) is 46.5 Å². The number of halogens is 1. The molecule has 2 aromatic heterocycles. The summed E-state index contributed by atoms with van der Waals surface area (Å²) in [6.07, 6.45) is 6.64. The van der Waals surface area contributed by atoms with Gasteiger partial charge < -0.3 is 0 Å². The number of nitrogens with zero attached hydrogens (tertiary/aromatic N) is 4. The number of nitrogens with one attached hydrogen (secondary N) is 1. The van der Waals surface area contributed by atoms with E-state index < -0.39 is 10.0 Å². The molecule has 0 radical (unpaired) electrons. The SMILES string of the molecule is O=C(/C=C/c1cn(-c2ccccc2)nc1-c1ccc(F)cc1)Nc1nc(-c2ccc(S(=O)(=O)N3CCCC3)cc2)cs1. The summed E-state index contributed by atoms with van der Waals surface area (Å²) >= 11 is 1.27. The highest BCUT2D eigenvalue weighted by molar-refractivity contribution is 7.89. The van der Waals surface area contributed by atoms with Crippen LogP contribution >= 0.6 is 11.3 Å². The van der Waals surface area contributed by atoms with Crippen LogP contribution in [0.2, 0.25) is 0 Å². The molecular weight excluding hydrogens is 574 g/mol. The van der Waals surface area contributed by atoms with Crippen LogP contribution < -0.4 is 5.32 Å². The summed E-state index contributed by atoms with van der Waals surface area (Å²) in [6.45, 7) is 1.10. The normalized spacial score (nSPS) is 14.0. The Labute approximate surface area is 246 Å². The molecule has 0 atom stereocenters. The zero-order chi connectivity index (χ0) is 29.1. The number of amides is 1. The molecule has 1 N–H and O–H groups in total. The number of anilines is 1. The summed E-state index contributed by atoms with van der Waals surface area (Å²) < 4.78 is 42.4. The highest BCUT2D eigenvalue weighted by Gasteiger charge is 2.27. The minimum Gasteiger partial charge on any atom is -0.298 e. The van der Waals surface area contributed by atoms with Gasteiger partial charge in [-0.2, -0.15) is 9.40 Å². The average molecular weight is 600 g/mol. The standard InChI is InChI=1S/C31H26FN5O3S2/c32-25-13-8-23(9-14-25)30-24(20-37(35-30)26-6-2-1-3-7-26)12-17-29(38)34-31-33-28(21-41-31)22-10-15-27(16-11-22)42(39,40)36-18-4-5-19-36/h1-3,6-17,20-21H,4-5,18-19H2,(H,33,34,38)/b17-12+. The number of carbonyl (C=O) groups is 1. The van der Waals surface area contributed by atoms with Gasteiger partial charge in [0.05, 0.1) is 22.0 Å². The molecule has 5 aromatic rings. The van der Waals surface area contributed by atoms with Crippen LogP contribution in [-0.2, 0) is 14.8 Å². The van der Waals surface area contributed by atoms with Crippen molar-refractivity contribution in [2.45, 2.75) is 17.7 Å². The third-order valence-electron chi connectivity index (χ3n) is 6.88. The first kappa shape index (κ1) is 27.7. The molecule has 0 aliphatic carbocycles. The number of aromatic nitrogens is 3. The van der Waals surface area contributed by atoms with E-state index in [0.29, 0.717) is 35.2 Å². The van der Waals surface area contributed by atoms with Crippen molar-refractivity contribution in [3.63, 3.8) is 0 Å². The highest BCUT2D eigenvalue weighted by atomic mass is 32.2. The van der Waals surface area contributed by atoms with Crippen molar-refractivity contribution in [3.05, 3.63) is 108 Å². The lowest BCUT2D eigenvalue weighted by Crippen LogP contribution is -2.27. The molecule has 1 aliphatic heterocycles. The lowest BCUT2D eigenvalue weighted by atomic mass is 10.1. The zero-order valence-corrected chi connectivity index (χ0v) is 24.0. The largest absolute Gasteiger partial charge is 0.298 e. The predicted molar refractivity (Wildman–Crippen MR) is 162 cm³/mol. The first-order valence-electron chi connectivity index (χ1n) is 13.3. The van der Waals surface area contributed by atoms with Crippen LogP contribution in [0.5, 0.6) is 0 Å². The van der Waals surface area contributed by atoms with Gasteiger partial charge in [0, 0.05) is 47.4 Å². The molecule has 1 fully saturated rings. The average Bonchev–Trinajstić information content (AvgIpc) is 3.79. The molecule has 0 bridgehead atoms. The Morgan fingerprint density at radius 2 is 1.62 bits per heavy atom. The quantitative estimate of drug-likeness (QED) is 0.213.